The zero-order valence-electron chi connectivity index (χ0n) is 20.3. The van der Waals surface area contributed by atoms with Crippen LogP contribution in [0.1, 0.15) is 30.6 Å². The Balaban J connectivity index is 1.56. The molecule has 1 aliphatic rings. The van der Waals surface area contributed by atoms with Crippen LogP contribution < -0.4 is 15.1 Å². The molecule has 34 heavy (non-hydrogen) atoms. The van der Waals surface area contributed by atoms with Crippen molar-refractivity contribution in [3.8, 4) is 11.5 Å². The molecular weight excluding hydrogens is 444 g/mol. The van der Waals surface area contributed by atoms with Gasteiger partial charge in [0, 0.05) is 44.7 Å². The van der Waals surface area contributed by atoms with Crippen LogP contribution in [0.15, 0.2) is 21.3 Å². The Labute approximate surface area is 198 Å². The molecule has 1 N–H and O–H groups in total. The fraction of sp³-hybridized carbons (Fsp3) is 0.583. The first-order valence-corrected chi connectivity index (χ1v) is 11.5. The highest BCUT2D eigenvalue weighted by molar-refractivity contribution is 5.88. The molecule has 0 bridgehead atoms. The van der Waals surface area contributed by atoms with Crippen molar-refractivity contribution in [2.75, 3.05) is 66.7 Å². The van der Waals surface area contributed by atoms with Crippen LogP contribution in [-0.2, 0) is 9.47 Å². The number of ether oxygens (including phenoxy) is 4. The van der Waals surface area contributed by atoms with Crippen LogP contribution >= 0.6 is 0 Å². The molecule has 1 atom stereocenters. The predicted molar refractivity (Wildman–Crippen MR) is 126 cm³/mol. The molecule has 1 aromatic carbocycles. The largest absolute Gasteiger partial charge is 0.508 e. The van der Waals surface area contributed by atoms with E-state index in [1.54, 1.807) is 26.0 Å². The van der Waals surface area contributed by atoms with Crippen LogP contribution in [0.2, 0.25) is 0 Å². The normalized spacial score (nSPS) is 15.8. The minimum absolute atomic E-state index is 0.273. The third-order valence-corrected chi connectivity index (χ3v) is 6.13. The van der Waals surface area contributed by atoms with Crippen molar-refractivity contribution in [1.82, 2.24) is 9.80 Å². The second-order valence-corrected chi connectivity index (χ2v) is 8.13. The summed E-state index contributed by atoms with van der Waals surface area (Å²) in [6.45, 7) is 8.77. The second-order valence-electron chi connectivity index (χ2n) is 8.13. The summed E-state index contributed by atoms with van der Waals surface area (Å²) >= 11 is 0. The van der Waals surface area contributed by atoms with E-state index in [2.05, 4.69) is 9.80 Å². The van der Waals surface area contributed by atoms with Gasteiger partial charge in [-0.1, -0.05) is 0 Å². The number of aryl methyl sites for hydroxylation is 1. The molecule has 10 heteroatoms. The highest BCUT2D eigenvalue weighted by atomic mass is 16.7. The fourth-order valence-electron chi connectivity index (χ4n) is 4.23. The molecule has 1 fully saturated rings. The maximum atomic E-state index is 12.8. The van der Waals surface area contributed by atoms with Crippen molar-refractivity contribution in [2.45, 2.75) is 26.4 Å². The number of hydrogen-bond acceptors (Lipinski definition) is 10. The lowest BCUT2D eigenvalue weighted by molar-refractivity contribution is 0.0433. The van der Waals surface area contributed by atoms with E-state index in [9.17, 15) is 14.7 Å². The van der Waals surface area contributed by atoms with Crippen LogP contribution in [0.25, 0.3) is 11.0 Å². The zero-order valence-corrected chi connectivity index (χ0v) is 20.3. The number of methoxy groups -OCH3 is 2. The lowest BCUT2D eigenvalue weighted by Crippen LogP contribution is -2.47. The molecule has 1 aliphatic heterocycles. The molecule has 0 spiro atoms. The molecule has 3 rings (SSSR count). The minimum atomic E-state index is -0.940. The quantitative estimate of drug-likeness (QED) is 0.403. The predicted octanol–water partition coefficient (Wildman–Crippen LogP) is 2.33. The zero-order chi connectivity index (χ0) is 24.7. The molecular formula is C24H34N2O8. The van der Waals surface area contributed by atoms with Crippen LogP contribution in [0.3, 0.4) is 0 Å². The Morgan fingerprint density at radius 2 is 1.76 bits per heavy atom. The summed E-state index contributed by atoms with van der Waals surface area (Å²) in [4.78, 5) is 28.5. The van der Waals surface area contributed by atoms with Crippen molar-refractivity contribution in [3.05, 3.63) is 33.7 Å². The van der Waals surface area contributed by atoms with Crippen molar-refractivity contribution in [1.29, 1.82) is 0 Å². The average Bonchev–Trinajstić information content (AvgIpc) is 2.83. The topological polar surface area (TPSA) is 111 Å². The maximum absolute atomic E-state index is 12.8. The number of carbonyl (C=O) groups is 1. The van der Waals surface area contributed by atoms with E-state index in [0.717, 1.165) is 26.2 Å². The molecule has 1 unspecified atom stereocenters. The molecule has 188 valence electrons. The van der Waals surface area contributed by atoms with Crippen molar-refractivity contribution in [2.24, 2.45) is 0 Å². The van der Waals surface area contributed by atoms with Crippen molar-refractivity contribution < 1.29 is 33.3 Å². The fourth-order valence-corrected chi connectivity index (χ4v) is 4.23. The van der Waals surface area contributed by atoms with Crippen molar-refractivity contribution >= 4 is 17.1 Å². The molecule has 0 saturated carbocycles. The van der Waals surface area contributed by atoms with Gasteiger partial charge in [0.1, 0.15) is 6.61 Å². The molecule has 1 aromatic heterocycles. The summed E-state index contributed by atoms with van der Waals surface area (Å²) in [5.74, 6) is 0.823. The number of hydrogen-bond donors (Lipinski definition) is 1. The van der Waals surface area contributed by atoms with Crippen LogP contribution in [-0.4, -0.2) is 87.8 Å². The number of nitrogens with zero attached hydrogens (tertiary/aromatic N) is 2. The Morgan fingerprint density at radius 3 is 2.38 bits per heavy atom. The van der Waals surface area contributed by atoms with Crippen LogP contribution in [0.4, 0.5) is 4.79 Å². The number of piperazine rings is 1. The smallest absolute Gasteiger partial charge is 0.493 e. The van der Waals surface area contributed by atoms with Gasteiger partial charge in [-0.25, -0.2) is 9.59 Å². The summed E-state index contributed by atoms with van der Waals surface area (Å²) in [6.07, 6.45) is -1.16. The molecule has 0 amide bonds. The van der Waals surface area contributed by atoms with Gasteiger partial charge < -0.3 is 33.4 Å². The summed E-state index contributed by atoms with van der Waals surface area (Å²) in [5.41, 5.74) is 0.680. The van der Waals surface area contributed by atoms with E-state index >= 15 is 0 Å². The van der Waals surface area contributed by atoms with Gasteiger partial charge in [0.15, 0.2) is 11.3 Å². The number of benzene rings is 1. The Kier molecular flexibility index (Phi) is 9.14. The number of rotatable bonds is 10. The summed E-state index contributed by atoms with van der Waals surface area (Å²) < 4.78 is 26.0. The number of carbonyl (C=O) groups excluding carboxylic acids is 1. The number of fused-ring (bicyclic) bond motifs is 1. The minimum Gasteiger partial charge on any atom is -0.493 e. The van der Waals surface area contributed by atoms with Gasteiger partial charge in [-0.15, -0.1) is 0 Å². The van der Waals surface area contributed by atoms with E-state index in [1.807, 2.05) is 0 Å². The molecule has 0 aliphatic carbocycles. The van der Waals surface area contributed by atoms with E-state index < -0.39 is 17.9 Å². The van der Waals surface area contributed by atoms with Gasteiger partial charge in [-0.3, -0.25) is 4.90 Å². The molecule has 2 aromatic rings. The molecule has 0 radical (unpaired) electrons. The van der Waals surface area contributed by atoms with Gasteiger partial charge in [0.25, 0.3) is 0 Å². The average molecular weight is 479 g/mol. The Bertz CT molecular complexity index is 1030. The van der Waals surface area contributed by atoms with Gasteiger partial charge >= 0.3 is 11.8 Å². The highest BCUT2D eigenvalue weighted by Crippen LogP contribution is 2.37. The first kappa shape index (κ1) is 25.8. The molecule has 2 heterocycles. The standard InChI is InChI=1S/C24H34N2O8/c1-5-32-24(29)33-15-14-26-12-10-25(11-13-26)9-8-18(27)20-16(2)17-6-7-19(30-3)22(31-4)21(17)34-23(20)28/h6-7,18,27H,5,8-15H2,1-4H3. The van der Waals surface area contributed by atoms with Gasteiger partial charge in [0.05, 0.1) is 32.5 Å². The van der Waals surface area contributed by atoms with Crippen LogP contribution in [0.5, 0.6) is 11.5 Å². The molecule has 1 saturated heterocycles. The van der Waals surface area contributed by atoms with Gasteiger partial charge in [0.2, 0.25) is 5.75 Å². The van der Waals surface area contributed by atoms with Crippen molar-refractivity contribution in [3.63, 3.8) is 0 Å². The van der Waals surface area contributed by atoms with Gasteiger partial charge in [-0.05, 0) is 38.0 Å². The maximum Gasteiger partial charge on any atom is 0.508 e. The third kappa shape index (κ3) is 5.99. The first-order chi connectivity index (χ1) is 16.4. The first-order valence-electron chi connectivity index (χ1n) is 11.5. The Hall–Kier alpha value is -2.82. The monoisotopic (exact) mass is 478 g/mol. The van der Waals surface area contributed by atoms with Gasteiger partial charge in [-0.2, -0.15) is 0 Å². The second kappa shape index (κ2) is 12.0. The number of aliphatic hydroxyl groups is 1. The summed E-state index contributed by atoms with van der Waals surface area (Å²) in [7, 11) is 3.01. The number of aliphatic hydroxyl groups excluding tert-OH is 1. The highest BCUT2D eigenvalue weighted by Gasteiger charge is 2.24. The van der Waals surface area contributed by atoms with E-state index in [1.165, 1.54) is 14.2 Å². The lowest BCUT2D eigenvalue weighted by atomic mass is 9.99. The summed E-state index contributed by atoms with van der Waals surface area (Å²) in [5, 5.41) is 11.5. The SMILES string of the molecule is CCOC(=O)OCCN1CCN(CCC(O)c2c(C)c3ccc(OC)c(OC)c3oc2=O)CC1. The Morgan fingerprint density at radius 1 is 1.09 bits per heavy atom. The third-order valence-electron chi connectivity index (χ3n) is 6.13. The lowest BCUT2D eigenvalue weighted by Gasteiger charge is -2.34. The van der Waals surface area contributed by atoms with E-state index in [0.29, 0.717) is 60.8 Å². The van der Waals surface area contributed by atoms with Crippen LogP contribution in [0, 0.1) is 6.92 Å². The molecule has 10 nitrogen and oxygen atoms in total. The summed E-state index contributed by atoms with van der Waals surface area (Å²) in [6, 6.07) is 3.55. The van der Waals surface area contributed by atoms with E-state index in [-0.39, 0.29) is 5.56 Å². The van der Waals surface area contributed by atoms with E-state index in [4.69, 9.17) is 23.4 Å².